The Morgan fingerprint density at radius 3 is 3.06 bits per heavy atom. The quantitative estimate of drug-likeness (QED) is 0.847. The minimum atomic E-state index is 0.670. The van der Waals surface area contributed by atoms with Crippen molar-refractivity contribution >= 4 is 21.6 Å². The molecule has 1 aliphatic rings. The van der Waals surface area contributed by atoms with Gasteiger partial charge in [-0.15, -0.1) is 11.3 Å². The van der Waals surface area contributed by atoms with Crippen LogP contribution in [0.15, 0.2) is 6.33 Å². The van der Waals surface area contributed by atoms with E-state index in [-0.39, 0.29) is 0 Å². The van der Waals surface area contributed by atoms with E-state index in [0.717, 1.165) is 29.1 Å². The molecule has 2 heterocycles. The summed E-state index contributed by atoms with van der Waals surface area (Å²) in [5, 5.41) is 1.16. The first kappa shape index (κ1) is 11.9. The number of thiophene rings is 1. The largest absolute Gasteiger partial charge is 0.476 e. The molecule has 0 radical (unpaired) electrons. The summed E-state index contributed by atoms with van der Waals surface area (Å²) in [5.41, 5.74) is 1.43. The zero-order valence-electron chi connectivity index (χ0n) is 10.8. The third kappa shape index (κ3) is 2.08. The molecule has 0 unspecified atom stereocenters. The number of ether oxygens (including phenoxy) is 1. The summed E-state index contributed by atoms with van der Waals surface area (Å²) in [5.74, 6) is 0.765. The van der Waals surface area contributed by atoms with Gasteiger partial charge in [0.15, 0.2) is 0 Å². The summed E-state index contributed by atoms with van der Waals surface area (Å²) in [6, 6.07) is 0. The van der Waals surface area contributed by atoms with Crippen LogP contribution in [-0.2, 0) is 12.8 Å². The highest BCUT2D eigenvalue weighted by Gasteiger charge is 2.21. The van der Waals surface area contributed by atoms with Gasteiger partial charge in [0.1, 0.15) is 17.8 Å². The molecule has 0 saturated heterocycles. The molecule has 0 atom stereocenters. The Labute approximate surface area is 111 Å². The van der Waals surface area contributed by atoms with E-state index in [1.807, 2.05) is 14.1 Å². The SMILES string of the molecule is CN(C)CCOc1ncnc2sc3c(c12)CCC3. The molecular formula is C13H17N3OS. The van der Waals surface area contributed by atoms with E-state index >= 15 is 0 Å². The predicted molar refractivity (Wildman–Crippen MR) is 73.5 cm³/mol. The van der Waals surface area contributed by atoms with Crippen LogP contribution in [0.1, 0.15) is 16.9 Å². The van der Waals surface area contributed by atoms with Crippen LogP contribution in [0.25, 0.3) is 10.2 Å². The number of aromatic nitrogens is 2. The third-order valence-electron chi connectivity index (χ3n) is 3.24. The molecule has 3 rings (SSSR count). The van der Waals surface area contributed by atoms with E-state index in [4.69, 9.17) is 4.74 Å². The van der Waals surface area contributed by atoms with E-state index in [1.165, 1.54) is 23.3 Å². The Morgan fingerprint density at radius 2 is 2.22 bits per heavy atom. The Hall–Kier alpha value is -1.20. The van der Waals surface area contributed by atoms with Gasteiger partial charge in [0.2, 0.25) is 5.88 Å². The van der Waals surface area contributed by atoms with E-state index < -0.39 is 0 Å². The summed E-state index contributed by atoms with van der Waals surface area (Å²) >= 11 is 1.80. The van der Waals surface area contributed by atoms with Gasteiger partial charge in [0.05, 0.1) is 5.39 Å². The van der Waals surface area contributed by atoms with Crippen molar-refractivity contribution in [2.45, 2.75) is 19.3 Å². The maximum absolute atomic E-state index is 5.83. The molecule has 1 aliphatic carbocycles. The van der Waals surface area contributed by atoms with Crippen molar-refractivity contribution in [2.24, 2.45) is 0 Å². The van der Waals surface area contributed by atoms with Crippen LogP contribution < -0.4 is 4.74 Å². The topological polar surface area (TPSA) is 38.2 Å². The highest BCUT2D eigenvalue weighted by molar-refractivity contribution is 7.18. The molecule has 4 nitrogen and oxygen atoms in total. The first-order chi connectivity index (χ1) is 8.75. The first-order valence-corrected chi connectivity index (χ1v) is 7.10. The van der Waals surface area contributed by atoms with Crippen LogP contribution in [-0.4, -0.2) is 42.1 Å². The molecule has 2 aromatic rings. The van der Waals surface area contributed by atoms with Crippen molar-refractivity contribution < 1.29 is 4.74 Å². The van der Waals surface area contributed by atoms with Gasteiger partial charge in [-0.2, -0.15) is 0 Å². The lowest BCUT2D eigenvalue weighted by atomic mass is 10.2. The molecule has 0 aromatic carbocycles. The van der Waals surface area contributed by atoms with Gasteiger partial charge >= 0.3 is 0 Å². The van der Waals surface area contributed by atoms with Gasteiger partial charge in [0.25, 0.3) is 0 Å². The lowest BCUT2D eigenvalue weighted by Crippen LogP contribution is -2.19. The second-order valence-electron chi connectivity index (χ2n) is 4.87. The van der Waals surface area contributed by atoms with E-state index in [2.05, 4.69) is 14.9 Å². The van der Waals surface area contributed by atoms with Crippen molar-refractivity contribution in [1.82, 2.24) is 14.9 Å². The van der Waals surface area contributed by atoms with Crippen LogP contribution in [0.3, 0.4) is 0 Å². The highest BCUT2D eigenvalue weighted by Crippen LogP contribution is 2.39. The van der Waals surface area contributed by atoms with E-state index in [9.17, 15) is 0 Å². The minimum absolute atomic E-state index is 0.670. The molecule has 0 bridgehead atoms. The molecule has 0 spiro atoms. The normalized spacial score (nSPS) is 14.4. The Kier molecular flexibility index (Phi) is 3.18. The highest BCUT2D eigenvalue weighted by atomic mass is 32.1. The monoisotopic (exact) mass is 263 g/mol. The number of fused-ring (bicyclic) bond motifs is 3. The summed E-state index contributed by atoms with van der Waals surface area (Å²) in [4.78, 5) is 13.3. The predicted octanol–water partition coefficient (Wildman–Crippen LogP) is 2.12. The molecule has 96 valence electrons. The summed E-state index contributed by atoms with van der Waals surface area (Å²) < 4.78 is 5.83. The molecule has 18 heavy (non-hydrogen) atoms. The number of likely N-dealkylation sites (N-methyl/N-ethyl adjacent to an activating group) is 1. The fourth-order valence-corrected chi connectivity index (χ4v) is 3.55. The van der Waals surface area contributed by atoms with Gasteiger partial charge in [-0.05, 0) is 38.9 Å². The Morgan fingerprint density at radius 1 is 1.33 bits per heavy atom. The van der Waals surface area contributed by atoms with Gasteiger partial charge in [0, 0.05) is 11.4 Å². The van der Waals surface area contributed by atoms with Gasteiger partial charge in [-0.3, -0.25) is 0 Å². The molecular weight excluding hydrogens is 246 g/mol. The van der Waals surface area contributed by atoms with Crippen LogP contribution in [0.5, 0.6) is 5.88 Å². The number of nitrogens with zero attached hydrogens (tertiary/aromatic N) is 3. The number of hydrogen-bond acceptors (Lipinski definition) is 5. The number of hydrogen-bond donors (Lipinski definition) is 0. The Balaban J connectivity index is 1.91. The van der Waals surface area contributed by atoms with Crippen LogP contribution >= 0.6 is 11.3 Å². The third-order valence-corrected chi connectivity index (χ3v) is 4.44. The number of rotatable bonds is 4. The fourth-order valence-electron chi connectivity index (χ4n) is 2.33. The molecule has 0 fully saturated rings. The van der Waals surface area contributed by atoms with Crippen molar-refractivity contribution in [3.05, 3.63) is 16.8 Å². The van der Waals surface area contributed by atoms with E-state index in [1.54, 1.807) is 17.7 Å². The van der Waals surface area contributed by atoms with Crippen molar-refractivity contribution in [1.29, 1.82) is 0 Å². The molecule has 5 heteroatoms. The average Bonchev–Trinajstić information content (AvgIpc) is 2.88. The zero-order valence-corrected chi connectivity index (χ0v) is 11.6. The minimum Gasteiger partial charge on any atom is -0.476 e. The summed E-state index contributed by atoms with van der Waals surface area (Å²) in [6.45, 7) is 1.57. The zero-order chi connectivity index (χ0) is 12.5. The summed E-state index contributed by atoms with van der Waals surface area (Å²) in [6.07, 6.45) is 5.20. The maximum atomic E-state index is 5.83. The summed E-state index contributed by atoms with van der Waals surface area (Å²) in [7, 11) is 4.09. The van der Waals surface area contributed by atoms with Crippen molar-refractivity contribution in [3.8, 4) is 5.88 Å². The second-order valence-corrected chi connectivity index (χ2v) is 5.95. The van der Waals surface area contributed by atoms with Crippen molar-refractivity contribution in [3.63, 3.8) is 0 Å². The lowest BCUT2D eigenvalue weighted by molar-refractivity contribution is 0.256. The smallest absolute Gasteiger partial charge is 0.225 e. The average molecular weight is 263 g/mol. The standard InChI is InChI=1S/C13H17N3OS/c1-16(2)6-7-17-12-11-9-4-3-5-10(9)18-13(11)15-8-14-12/h8H,3-7H2,1-2H3. The van der Waals surface area contributed by atoms with Crippen molar-refractivity contribution in [2.75, 3.05) is 27.2 Å². The molecule has 0 amide bonds. The van der Waals surface area contributed by atoms with Gasteiger partial charge < -0.3 is 9.64 Å². The van der Waals surface area contributed by atoms with Crippen LogP contribution in [0.4, 0.5) is 0 Å². The molecule has 0 N–H and O–H groups in total. The molecule has 0 saturated carbocycles. The van der Waals surface area contributed by atoms with Crippen LogP contribution in [0, 0.1) is 0 Å². The Bertz CT molecular complexity index is 565. The van der Waals surface area contributed by atoms with Gasteiger partial charge in [-0.25, -0.2) is 9.97 Å². The second kappa shape index (κ2) is 4.82. The van der Waals surface area contributed by atoms with E-state index in [0.29, 0.717) is 6.61 Å². The molecule has 2 aromatic heterocycles. The lowest BCUT2D eigenvalue weighted by Gasteiger charge is -2.11. The van der Waals surface area contributed by atoms with Crippen LogP contribution in [0.2, 0.25) is 0 Å². The number of aryl methyl sites for hydroxylation is 2. The fraction of sp³-hybridized carbons (Fsp3) is 0.538. The molecule has 0 aliphatic heterocycles. The first-order valence-electron chi connectivity index (χ1n) is 6.28. The van der Waals surface area contributed by atoms with Gasteiger partial charge in [-0.1, -0.05) is 0 Å². The maximum Gasteiger partial charge on any atom is 0.225 e.